The molecular weight excluding hydrogens is 258 g/mol. The number of carboxylic acids is 1. The van der Waals surface area contributed by atoms with Gasteiger partial charge in [0, 0.05) is 6.54 Å². The summed E-state index contributed by atoms with van der Waals surface area (Å²) in [6.07, 6.45) is 5.63. The molecule has 0 saturated carbocycles. The number of aliphatic carboxylic acids is 1. The summed E-state index contributed by atoms with van der Waals surface area (Å²) in [4.78, 5) is 21.9. The minimum Gasteiger partial charge on any atom is -0.480 e. The zero-order valence-electron chi connectivity index (χ0n) is 12.2. The van der Waals surface area contributed by atoms with Gasteiger partial charge in [-0.3, -0.25) is 4.98 Å². The topological polar surface area (TPSA) is 75.5 Å². The first-order chi connectivity index (χ1) is 9.43. The number of hydrogen-bond acceptors (Lipinski definition) is 5. The van der Waals surface area contributed by atoms with Gasteiger partial charge in [0.1, 0.15) is 5.54 Å². The highest BCUT2D eigenvalue weighted by Crippen LogP contribution is 2.32. The Labute approximate surface area is 118 Å². The Morgan fingerprint density at radius 1 is 1.45 bits per heavy atom. The van der Waals surface area contributed by atoms with Gasteiger partial charge in [0.25, 0.3) is 0 Å². The van der Waals surface area contributed by atoms with Gasteiger partial charge in [0.2, 0.25) is 5.88 Å². The van der Waals surface area contributed by atoms with Gasteiger partial charge in [0.15, 0.2) is 5.82 Å². The molecule has 0 spiro atoms. The molecule has 1 saturated heterocycles. The molecule has 6 heteroatoms. The van der Waals surface area contributed by atoms with Crippen molar-refractivity contribution in [1.82, 2.24) is 9.97 Å². The number of anilines is 1. The molecule has 1 aliphatic rings. The Hall–Kier alpha value is -1.85. The van der Waals surface area contributed by atoms with E-state index in [4.69, 9.17) is 4.74 Å². The van der Waals surface area contributed by atoms with Crippen molar-refractivity contribution in [2.24, 2.45) is 0 Å². The number of nitrogens with zero attached hydrogens (tertiary/aromatic N) is 3. The normalized spacial score (nSPS) is 22.9. The maximum Gasteiger partial charge on any atom is 0.329 e. The van der Waals surface area contributed by atoms with Gasteiger partial charge >= 0.3 is 5.97 Å². The zero-order chi connectivity index (χ0) is 14.8. The molecule has 1 N–H and O–H groups in total. The molecule has 0 radical (unpaired) electrons. The van der Waals surface area contributed by atoms with Crippen LogP contribution in [0.2, 0.25) is 0 Å². The fraction of sp³-hybridized carbons (Fsp3) is 0.643. The SMILES string of the molecule is CC(C)Oc1cncc(N2CCCCC2(C)C(=O)O)n1. The molecule has 0 amide bonds. The van der Waals surface area contributed by atoms with Crippen LogP contribution in [0.4, 0.5) is 5.82 Å². The third-order valence-corrected chi connectivity index (χ3v) is 3.58. The second-order valence-electron chi connectivity index (χ2n) is 5.57. The van der Waals surface area contributed by atoms with Crippen molar-refractivity contribution in [3.8, 4) is 5.88 Å². The van der Waals surface area contributed by atoms with E-state index >= 15 is 0 Å². The molecule has 1 atom stereocenters. The molecule has 1 aromatic rings. The van der Waals surface area contributed by atoms with Crippen LogP contribution in [0.3, 0.4) is 0 Å². The van der Waals surface area contributed by atoms with Crippen LogP contribution in [0.5, 0.6) is 5.88 Å². The highest BCUT2D eigenvalue weighted by atomic mass is 16.5. The van der Waals surface area contributed by atoms with Crippen LogP contribution in [0.15, 0.2) is 12.4 Å². The van der Waals surface area contributed by atoms with Crippen molar-refractivity contribution in [2.45, 2.75) is 51.7 Å². The van der Waals surface area contributed by atoms with Crippen LogP contribution < -0.4 is 9.64 Å². The molecule has 1 unspecified atom stereocenters. The summed E-state index contributed by atoms with van der Waals surface area (Å²) in [6.45, 7) is 6.24. The van der Waals surface area contributed by atoms with Crippen molar-refractivity contribution in [3.63, 3.8) is 0 Å². The lowest BCUT2D eigenvalue weighted by Crippen LogP contribution is -2.55. The molecule has 0 aliphatic carbocycles. The van der Waals surface area contributed by atoms with E-state index in [1.54, 1.807) is 19.3 Å². The van der Waals surface area contributed by atoms with Crippen LogP contribution in [0.25, 0.3) is 0 Å². The average Bonchev–Trinajstić information content (AvgIpc) is 2.38. The predicted molar refractivity (Wildman–Crippen MR) is 75.0 cm³/mol. The first-order valence-electron chi connectivity index (χ1n) is 6.93. The maximum atomic E-state index is 11.6. The molecule has 1 fully saturated rings. The molecule has 0 aromatic carbocycles. The number of carbonyl (C=O) groups is 1. The molecule has 110 valence electrons. The summed E-state index contributed by atoms with van der Waals surface area (Å²) in [5.74, 6) is 0.165. The van der Waals surface area contributed by atoms with E-state index < -0.39 is 11.5 Å². The molecule has 2 rings (SSSR count). The smallest absolute Gasteiger partial charge is 0.329 e. The number of carboxylic acid groups (broad SMARTS) is 1. The Kier molecular flexibility index (Phi) is 4.11. The zero-order valence-corrected chi connectivity index (χ0v) is 12.2. The number of aromatic nitrogens is 2. The van der Waals surface area contributed by atoms with Crippen LogP contribution in [-0.4, -0.2) is 39.2 Å². The fourth-order valence-corrected chi connectivity index (χ4v) is 2.48. The lowest BCUT2D eigenvalue weighted by molar-refractivity contribution is -0.143. The number of rotatable bonds is 4. The first-order valence-corrected chi connectivity index (χ1v) is 6.93. The average molecular weight is 279 g/mol. The third-order valence-electron chi connectivity index (χ3n) is 3.58. The molecule has 6 nitrogen and oxygen atoms in total. The Bertz CT molecular complexity index is 492. The standard InChI is InChI=1S/C14H21N3O3/c1-10(2)20-12-9-15-8-11(16-12)17-7-5-4-6-14(17,3)13(18)19/h8-10H,4-7H2,1-3H3,(H,18,19). The third kappa shape index (κ3) is 2.84. The van der Waals surface area contributed by atoms with E-state index in [0.29, 0.717) is 24.7 Å². The van der Waals surface area contributed by atoms with Crippen LogP contribution in [-0.2, 0) is 4.79 Å². The Morgan fingerprint density at radius 3 is 2.85 bits per heavy atom. The molecule has 20 heavy (non-hydrogen) atoms. The first kappa shape index (κ1) is 14.6. The van der Waals surface area contributed by atoms with E-state index in [0.717, 1.165) is 12.8 Å². The van der Waals surface area contributed by atoms with E-state index in [9.17, 15) is 9.90 Å². The monoisotopic (exact) mass is 279 g/mol. The van der Waals surface area contributed by atoms with E-state index in [-0.39, 0.29) is 6.10 Å². The Morgan fingerprint density at radius 2 is 2.20 bits per heavy atom. The Balaban J connectivity index is 2.31. The van der Waals surface area contributed by atoms with Gasteiger partial charge in [-0.2, -0.15) is 4.98 Å². The summed E-state index contributed by atoms with van der Waals surface area (Å²) >= 11 is 0. The molecular formula is C14H21N3O3. The molecule has 1 aromatic heterocycles. The molecule has 1 aliphatic heterocycles. The summed E-state index contributed by atoms with van der Waals surface area (Å²) in [5.41, 5.74) is -0.927. The van der Waals surface area contributed by atoms with Gasteiger partial charge in [0.05, 0.1) is 18.5 Å². The fourth-order valence-electron chi connectivity index (χ4n) is 2.48. The van der Waals surface area contributed by atoms with Gasteiger partial charge in [-0.1, -0.05) is 0 Å². The van der Waals surface area contributed by atoms with Crippen LogP contribution >= 0.6 is 0 Å². The van der Waals surface area contributed by atoms with E-state index in [2.05, 4.69) is 9.97 Å². The van der Waals surface area contributed by atoms with Gasteiger partial charge in [-0.05, 0) is 40.0 Å². The summed E-state index contributed by atoms with van der Waals surface area (Å²) in [7, 11) is 0. The second-order valence-corrected chi connectivity index (χ2v) is 5.57. The highest BCUT2D eigenvalue weighted by Gasteiger charge is 2.42. The summed E-state index contributed by atoms with van der Waals surface area (Å²) in [6, 6.07) is 0. The van der Waals surface area contributed by atoms with Crippen molar-refractivity contribution in [2.75, 3.05) is 11.4 Å². The summed E-state index contributed by atoms with van der Waals surface area (Å²) < 4.78 is 5.53. The van der Waals surface area contributed by atoms with E-state index in [1.165, 1.54) is 0 Å². The largest absolute Gasteiger partial charge is 0.480 e. The minimum atomic E-state index is -0.927. The quantitative estimate of drug-likeness (QED) is 0.909. The number of ether oxygens (including phenoxy) is 1. The lowest BCUT2D eigenvalue weighted by atomic mass is 9.88. The van der Waals surface area contributed by atoms with Crippen molar-refractivity contribution in [1.29, 1.82) is 0 Å². The lowest BCUT2D eigenvalue weighted by Gasteiger charge is -2.42. The van der Waals surface area contributed by atoms with Gasteiger partial charge < -0.3 is 14.7 Å². The van der Waals surface area contributed by atoms with E-state index in [1.807, 2.05) is 18.7 Å². The van der Waals surface area contributed by atoms with Crippen LogP contribution in [0, 0.1) is 0 Å². The second kappa shape index (κ2) is 5.64. The van der Waals surface area contributed by atoms with Gasteiger partial charge in [-0.25, -0.2) is 4.79 Å². The van der Waals surface area contributed by atoms with Gasteiger partial charge in [-0.15, -0.1) is 0 Å². The summed E-state index contributed by atoms with van der Waals surface area (Å²) in [5, 5.41) is 9.52. The molecule has 2 heterocycles. The molecule has 0 bridgehead atoms. The van der Waals surface area contributed by atoms with Crippen molar-refractivity contribution in [3.05, 3.63) is 12.4 Å². The number of piperidine rings is 1. The van der Waals surface area contributed by atoms with Crippen molar-refractivity contribution < 1.29 is 14.6 Å². The highest BCUT2D eigenvalue weighted by molar-refractivity contribution is 5.82. The van der Waals surface area contributed by atoms with Crippen molar-refractivity contribution >= 4 is 11.8 Å². The number of hydrogen-bond donors (Lipinski definition) is 1. The predicted octanol–water partition coefficient (Wildman–Crippen LogP) is 2.10. The van der Waals surface area contributed by atoms with Crippen LogP contribution in [0.1, 0.15) is 40.0 Å². The minimum absolute atomic E-state index is 0.00626. The maximum absolute atomic E-state index is 11.6.